The van der Waals surface area contributed by atoms with Crippen LogP contribution in [0.15, 0.2) is 40.9 Å². The van der Waals surface area contributed by atoms with Crippen LogP contribution in [-0.2, 0) is 6.54 Å². The molecule has 1 aliphatic heterocycles. The summed E-state index contributed by atoms with van der Waals surface area (Å²) in [6, 6.07) is 9.64. The first-order valence-corrected chi connectivity index (χ1v) is 7.93. The molecular formula is C17H15BrFNO3. The molecule has 3 rings (SSSR count). The number of ether oxygens (including phenoxy) is 2. The Morgan fingerprint density at radius 2 is 1.91 bits per heavy atom. The van der Waals surface area contributed by atoms with E-state index in [0.29, 0.717) is 41.3 Å². The molecule has 2 aromatic rings. The first-order valence-electron chi connectivity index (χ1n) is 7.13. The van der Waals surface area contributed by atoms with Crippen molar-refractivity contribution >= 4 is 21.8 Å². The molecule has 2 aromatic carbocycles. The predicted molar refractivity (Wildman–Crippen MR) is 87.3 cm³/mol. The highest BCUT2D eigenvalue weighted by Crippen LogP contribution is 2.31. The van der Waals surface area contributed by atoms with Crippen LogP contribution < -0.4 is 9.47 Å². The van der Waals surface area contributed by atoms with Crippen molar-refractivity contribution in [3.8, 4) is 11.5 Å². The Labute approximate surface area is 141 Å². The molecule has 0 saturated heterocycles. The van der Waals surface area contributed by atoms with E-state index in [1.165, 1.54) is 23.1 Å². The summed E-state index contributed by atoms with van der Waals surface area (Å²) in [6.07, 6.45) is 0. The zero-order chi connectivity index (χ0) is 16.4. The summed E-state index contributed by atoms with van der Waals surface area (Å²) in [5.41, 5.74) is 1.21. The van der Waals surface area contributed by atoms with Crippen molar-refractivity contribution in [1.29, 1.82) is 0 Å². The lowest BCUT2D eigenvalue weighted by molar-refractivity contribution is 0.0783. The van der Waals surface area contributed by atoms with Crippen molar-refractivity contribution in [3.05, 3.63) is 57.8 Å². The van der Waals surface area contributed by atoms with Crippen LogP contribution in [0.5, 0.6) is 11.5 Å². The number of hydrogen-bond donors (Lipinski definition) is 0. The lowest BCUT2D eigenvalue weighted by atomic mass is 10.1. The summed E-state index contributed by atoms with van der Waals surface area (Å²) in [7, 11) is 1.68. The number of carbonyl (C=O) groups excluding carboxylic acids is 1. The molecule has 0 aliphatic carbocycles. The van der Waals surface area contributed by atoms with Gasteiger partial charge in [0.1, 0.15) is 19.0 Å². The molecule has 6 heteroatoms. The Kier molecular flexibility index (Phi) is 4.52. The number of benzene rings is 2. The Morgan fingerprint density at radius 1 is 1.17 bits per heavy atom. The Morgan fingerprint density at radius 3 is 2.70 bits per heavy atom. The van der Waals surface area contributed by atoms with Gasteiger partial charge in [0, 0.05) is 18.1 Å². The highest BCUT2D eigenvalue weighted by molar-refractivity contribution is 9.10. The molecule has 0 unspecified atom stereocenters. The minimum absolute atomic E-state index is 0.258. The van der Waals surface area contributed by atoms with Crippen LogP contribution in [0.1, 0.15) is 15.9 Å². The molecule has 0 bridgehead atoms. The van der Waals surface area contributed by atoms with Crippen LogP contribution in [0.3, 0.4) is 0 Å². The normalized spacial score (nSPS) is 12.8. The van der Waals surface area contributed by atoms with Gasteiger partial charge in [-0.3, -0.25) is 4.79 Å². The SMILES string of the molecule is CN(Cc1ccc2c(c1)OCCO2)C(=O)c1cc(F)ccc1Br. The van der Waals surface area contributed by atoms with Gasteiger partial charge in [0.25, 0.3) is 5.91 Å². The number of carbonyl (C=O) groups is 1. The van der Waals surface area contributed by atoms with E-state index in [1.54, 1.807) is 7.05 Å². The van der Waals surface area contributed by atoms with Crippen LogP contribution in [0, 0.1) is 5.82 Å². The number of nitrogens with zero attached hydrogens (tertiary/aromatic N) is 1. The van der Waals surface area contributed by atoms with Crippen LogP contribution in [0.4, 0.5) is 4.39 Å². The fourth-order valence-corrected chi connectivity index (χ4v) is 2.82. The van der Waals surface area contributed by atoms with Crippen LogP contribution in [0.25, 0.3) is 0 Å². The van der Waals surface area contributed by atoms with Gasteiger partial charge >= 0.3 is 0 Å². The molecule has 120 valence electrons. The minimum atomic E-state index is -0.440. The molecular weight excluding hydrogens is 365 g/mol. The van der Waals surface area contributed by atoms with Gasteiger partial charge in [-0.05, 0) is 51.8 Å². The number of halogens is 2. The third-order valence-corrected chi connectivity index (χ3v) is 4.22. The van der Waals surface area contributed by atoms with Crippen molar-refractivity contribution in [2.45, 2.75) is 6.54 Å². The van der Waals surface area contributed by atoms with Gasteiger partial charge in [-0.2, -0.15) is 0 Å². The van der Waals surface area contributed by atoms with Crippen molar-refractivity contribution < 1.29 is 18.7 Å². The average molecular weight is 380 g/mol. The monoisotopic (exact) mass is 379 g/mol. The van der Waals surface area contributed by atoms with Gasteiger partial charge in [-0.25, -0.2) is 4.39 Å². The topological polar surface area (TPSA) is 38.8 Å². The van der Waals surface area contributed by atoms with E-state index in [4.69, 9.17) is 9.47 Å². The lowest BCUT2D eigenvalue weighted by Gasteiger charge is -2.21. The number of fused-ring (bicyclic) bond motifs is 1. The fraction of sp³-hybridized carbons (Fsp3) is 0.235. The molecule has 0 atom stereocenters. The van der Waals surface area contributed by atoms with E-state index in [9.17, 15) is 9.18 Å². The third-order valence-electron chi connectivity index (χ3n) is 3.53. The smallest absolute Gasteiger partial charge is 0.255 e. The average Bonchev–Trinajstić information content (AvgIpc) is 2.56. The van der Waals surface area contributed by atoms with Gasteiger partial charge in [-0.1, -0.05) is 6.07 Å². The van der Waals surface area contributed by atoms with Crippen LogP contribution in [0.2, 0.25) is 0 Å². The number of rotatable bonds is 3. The Hall–Kier alpha value is -2.08. The van der Waals surface area contributed by atoms with E-state index >= 15 is 0 Å². The van der Waals surface area contributed by atoms with Crippen molar-refractivity contribution in [3.63, 3.8) is 0 Å². The molecule has 1 aliphatic rings. The summed E-state index contributed by atoms with van der Waals surface area (Å²) >= 11 is 3.28. The van der Waals surface area contributed by atoms with E-state index in [-0.39, 0.29) is 5.91 Å². The summed E-state index contributed by atoms with van der Waals surface area (Å²) in [5.74, 6) is 0.693. The fourth-order valence-electron chi connectivity index (χ4n) is 2.40. The molecule has 1 amide bonds. The van der Waals surface area contributed by atoms with E-state index in [0.717, 1.165) is 5.56 Å². The standard InChI is InChI=1S/C17H15BrFNO3/c1-20(17(21)13-9-12(19)3-4-14(13)18)10-11-2-5-15-16(8-11)23-7-6-22-15/h2-5,8-9H,6-7,10H2,1H3. The number of amides is 1. The maximum absolute atomic E-state index is 13.4. The van der Waals surface area contributed by atoms with Crippen LogP contribution >= 0.6 is 15.9 Å². The van der Waals surface area contributed by atoms with E-state index < -0.39 is 5.82 Å². The zero-order valence-corrected chi connectivity index (χ0v) is 14.1. The van der Waals surface area contributed by atoms with Gasteiger partial charge in [-0.15, -0.1) is 0 Å². The maximum Gasteiger partial charge on any atom is 0.255 e. The zero-order valence-electron chi connectivity index (χ0n) is 12.5. The van der Waals surface area contributed by atoms with E-state index in [1.807, 2.05) is 18.2 Å². The minimum Gasteiger partial charge on any atom is -0.486 e. The highest BCUT2D eigenvalue weighted by Gasteiger charge is 2.17. The molecule has 4 nitrogen and oxygen atoms in total. The van der Waals surface area contributed by atoms with Crippen LogP contribution in [-0.4, -0.2) is 31.1 Å². The summed E-state index contributed by atoms with van der Waals surface area (Å²) in [4.78, 5) is 14.0. The molecule has 23 heavy (non-hydrogen) atoms. The lowest BCUT2D eigenvalue weighted by Crippen LogP contribution is -2.26. The Bertz CT molecular complexity index is 751. The van der Waals surface area contributed by atoms with E-state index in [2.05, 4.69) is 15.9 Å². The second-order valence-corrected chi connectivity index (χ2v) is 6.12. The van der Waals surface area contributed by atoms with Crippen molar-refractivity contribution in [1.82, 2.24) is 4.90 Å². The number of hydrogen-bond acceptors (Lipinski definition) is 3. The first-order chi connectivity index (χ1) is 11.0. The van der Waals surface area contributed by atoms with Crippen molar-refractivity contribution in [2.24, 2.45) is 0 Å². The van der Waals surface area contributed by atoms with Gasteiger partial charge in [0.2, 0.25) is 0 Å². The maximum atomic E-state index is 13.4. The molecule has 1 heterocycles. The molecule has 0 spiro atoms. The van der Waals surface area contributed by atoms with Crippen molar-refractivity contribution in [2.75, 3.05) is 20.3 Å². The molecule has 0 fully saturated rings. The predicted octanol–water partition coefficient (Wildman–Crippen LogP) is 3.63. The first kappa shape index (κ1) is 15.8. The molecule has 0 radical (unpaired) electrons. The largest absolute Gasteiger partial charge is 0.486 e. The Balaban J connectivity index is 1.77. The quantitative estimate of drug-likeness (QED) is 0.817. The third kappa shape index (κ3) is 3.47. The second-order valence-electron chi connectivity index (χ2n) is 5.26. The summed E-state index contributed by atoms with van der Waals surface area (Å²) in [6.45, 7) is 1.44. The summed E-state index contributed by atoms with van der Waals surface area (Å²) < 4.78 is 24.9. The second kappa shape index (κ2) is 6.58. The molecule has 0 aromatic heterocycles. The summed E-state index contributed by atoms with van der Waals surface area (Å²) in [5, 5.41) is 0. The molecule has 0 saturated carbocycles. The van der Waals surface area contributed by atoms with Gasteiger partial charge in [0.15, 0.2) is 11.5 Å². The highest BCUT2D eigenvalue weighted by atomic mass is 79.9. The van der Waals surface area contributed by atoms with Gasteiger partial charge in [0.05, 0.1) is 5.56 Å². The van der Waals surface area contributed by atoms with Gasteiger partial charge < -0.3 is 14.4 Å². The molecule has 0 N–H and O–H groups in total.